The molecule has 0 amide bonds. The molecule has 0 unspecified atom stereocenters. The van der Waals surface area contributed by atoms with Crippen LogP contribution in [0.25, 0.3) is 0 Å². The van der Waals surface area contributed by atoms with Crippen LogP contribution in [0.5, 0.6) is 11.5 Å². The van der Waals surface area contributed by atoms with Gasteiger partial charge >= 0.3 is 0 Å². The van der Waals surface area contributed by atoms with Gasteiger partial charge in [-0.15, -0.1) is 0 Å². The van der Waals surface area contributed by atoms with Crippen LogP contribution in [0.3, 0.4) is 0 Å². The fraction of sp³-hybridized carbons (Fsp3) is 0.0769. The van der Waals surface area contributed by atoms with E-state index < -0.39 is 0 Å². The van der Waals surface area contributed by atoms with Gasteiger partial charge in [0, 0.05) is 11.8 Å². The zero-order valence-electron chi connectivity index (χ0n) is 10.0. The highest BCUT2D eigenvalue weighted by molar-refractivity contribution is 5.99. The molecule has 6 heteroatoms. The topological polar surface area (TPSA) is 101 Å². The van der Waals surface area contributed by atoms with Crippen molar-refractivity contribution < 1.29 is 15.1 Å². The predicted molar refractivity (Wildman–Crippen MR) is 69.2 cm³/mol. The molecule has 0 aliphatic heterocycles. The molecule has 0 bridgehead atoms. The van der Waals surface area contributed by atoms with E-state index in [0.717, 1.165) is 0 Å². The Balaban J connectivity index is 2.39. The molecule has 2 rings (SSSR count). The summed E-state index contributed by atoms with van der Waals surface area (Å²) in [5.41, 5.74) is 6.62. The summed E-state index contributed by atoms with van der Waals surface area (Å²) in [7, 11) is 0. The lowest BCUT2D eigenvalue weighted by atomic mass is 10.2. The average molecular weight is 259 g/mol. The number of oxime groups is 1. The minimum atomic E-state index is -0.144. The molecule has 0 radical (unpaired) electrons. The molecule has 0 fully saturated rings. The lowest BCUT2D eigenvalue weighted by molar-refractivity contribution is 0.276. The SMILES string of the molecule is N/C(=N/O)c1ccncc1Oc1ccccc1CO. The Morgan fingerprint density at radius 3 is 2.79 bits per heavy atom. The molecule has 0 spiro atoms. The van der Waals surface area contributed by atoms with E-state index in [0.29, 0.717) is 22.6 Å². The van der Waals surface area contributed by atoms with Crippen molar-refractivity contribution in [2.45, 2.75) is 6.61 Å². The van der Waals surface area contributed by atoms with Gasteiger partial charge in [0.25, 0.3) is 0 Å². The second-order valence-corrected chi connectivity index (χ2v) is 3.72. The number of rotatable bonds is 4. The maximum absolute atomic E-state index is 9.24. The number of aliphatic hydroxyl groups excluding tert-OH is 1. The Hall–Kier alpha value is -2.60. The molecule has 1 heterocycles. The predicted octanol–water partition coefficient (Wildman–Crippen LogP) is 1.46. The van der Waals surface area contributed by atoms with Gasteiger partial charge in [0.2, 0.25) is 0 Å². The summed E-state index contributed by atoms with van der Waals surface area (Å²) in [6.45, 7) is -0.144. The number of nitrogens with two attached hydrogens (primary N) is 1. The van der Waals surface area contributed by atoms with Crippen LogP contribution in [-0.4, -0.2) is 21.1 Å². The molecule has 0 atom stereocenters. The summed E-state index contributed by atoms with van der Waals surface area (Å²) in [5, 5.41) is 20.9. The van der Waals surface area contributed by atoms with Crippen molar-refractivity contribution in [2.75, 3.05) is 0 Å². The normalized spacial score (nSPS) is 11.3. The van der Waals surface area contributed by atoms with E-state index >= 15 is 0 Å². The van der Waals surface area contributed by atoms with Crippen LogP contribution in [-0.2, 0) is 6.61 Å². The Morgan fingerprint density at radius 1 is 1.26 bits per heavy atom. The maximum atomic E-state index is 9.24. The first kappa shape index (κ1) is 12.8. The fourth-order valence-electron chi connectivity index (χ4n) is 1.58. The van der Waals surface area contributed by atoms with Crippen LogP contribution in [0, 0.1) is 0 Å². The second kappa shape index (κ2) is 5.83. The van der Waals surface area contributed by atoms with E-state index in [-0.39, 0.29) is 12.4 Å². The van der Waals surface area contributed by atoms with Gasteiger partial charge < -0.3 is 20.8 Å². The van der Waals surface area contributed by atoms with E-state index in [1.807, 2.05) is 0 Å². The molecule has 4 N–H and O–H groups in total. The van der Waals surface area contributed by atoms with Crippen molar-refractivity contribution in [3.8, 4) is 11.5 Å². The van der Waals surface area contributed by atoms with Gasteiger partial charge in [-0.3, -0.25) is 4.98 Å². The number of nitrogens with zero attached hydrogens (tertiary/aromatic N) is 2. The van der Waals surface area contributed by atoms with E-state index in [9.17, 15) is 5.11 Å². The van der Waals surface area contributed by atoms with Crippen LogP contribution >= 0.6 is 0 Å². The van der Waals surface area contributed by atoms with Crippen LogP contribution in [0.15, 0.2) is 47.9 Å². The van der Waals surface area contributed by atoms with E-state index in [1.54, 1.807) is 30.3 Å². The highest BCUT2D eigenvalue weighted by atomic mass is 16.5. The third kappa shape index (κ3) is 2.80. The molecule has 19 heavy (non-hydrogen) atoms. The molecule has 0 saturated heterocycles. The molecule has 6 nitrogen and oxygen atoms in total. The molecule has 2 aromatic rings. The number of ether oxygens (including phenoxy) is 1. The average Bonchev–Trinajstić information content (AvgIpc) is 2.47. The zero-order chi connectivity index (χ0) is 13.7. The van der Waals surface area contributed by atoms with Gasteiger partial charge in [-0.25, -0.2) is 0 Å². The number of amidine groups is 1. The largest absolute Gasteiger partial charge is 0.455 e. The summed E-state index contributed by atoms with van der Waals surface area (Å²) in [6, 6.07) is 8.62. The Labute approximate surface area is 109 Å². The van der Waals surface area contributed by atoms with Crippen molar-refractivity contribution in [3.63, 3.8) is 0 Å². The van der Waals surface area contributed by atoms with Crippen molar-refractivity contribution in [2.24, 2.45) is 10.9 Å². The summed E-state index contributed by atoms with van der Waals surface area (Å²) in [5.74, 6) is 0.766. The van der Waals surface area contributed by atoms with Gasteiger partial charge in [0.05, 0.1) is 18.4 Å². The number of para-hydroxylation sites is 1. The first-order chi connectivity index (χ1) is 9.26. The third-order valence-electron chi connectivity index (χ3n) is 2.53. The molecule has 0 aliphatic carbocycles. The van der Waals surface area contributed by atoms with Crippen LogP contribution < -0.4 is 10.5 Å². The second-order valence-electron chi connectivity index (χ2n) is 3.72. The number of hydrogen-bond donors (Lipinski definition) is 3. The van der Waals surface area contributed by atoms with Crippen molar-refractivity contribution >= 4 is 5.84 Å². The van der Waals surface area contributed by atoms with E-state index in [4.69, 9.17) is 15.7 Å². The summed E-state index contributed by atoms with van der Waals surface area (Å²) in [6.07, 6.45) is 2.97. The number of aromatic nitrogens is 1. The number of aliphatic hydroxyl groups is 1. The first-order valence-electron chi connectivity index (χ1n) is 5.54. The molecular weight excluding hydrogens is 246 g/mol. The highest BCUT2D eigenvalue weighted by Crippen LogP contribution is 2.27. The van der Waals surface area contributed by atoms with Gasteiger partial charge in [-0.2, -0.15) is 0 Å². The van der Waals surface area contributed by atoms with Crippen LogP contribution in [0.2, 0.25) is 0 Å². The standard InChI is InChI=1S/C13H13N3O3/c14-13(16-18)10-5-6-15-7-12(10)19-11-4-2-1-3-9(11)8-17/h1-7,17-18H,8H2,(H2,14,16). The molecule has 0 saturated carbocycles. The number of hydrogen-bond acceptors (Lipinski definition) is 5. The highest BCUT2D eigenvalue weighted by Gasteiger charge is 2.11. The third-order valence-corrected chi connectivity index (χ3v) is 2.53. The Morgan fingerprint density at radius 2 is 2.05 bits per heavy atom. The summed E-state index contributed by atoms with van der Waals surface area (Å²) in [4.78, 5) is 3.93. The summed E-state index contributed by atoms with van der Waals surface area (Å²) < 4.78 is 5.66. The first-order valence-corrected chi connectivity index (χ1v) is 5.54. The van der Waals surface area contributed by atoms with E-state index in [2.05, 4.69) is 10.1 Å². The Bertz CT molecular complexity index is 599. The Kier molecular flexibility index (Phi) is 3.94. The molecule has 0 aliphatic rings. The quantitative estimate of drug-likeness (QED) is 0.334. The molecular formula is C13H13N3O3. The molecule has 1 aromatic carbocycles. The number of pyridine rings is 1. The van der Waals surface area contributed by atoms with E-state index in [1.165, 1.54) is 12.4 Å². The summed E-state index contributed by atoms with van der Waals surface area (Å²) >= 11 is 0. The molecule has 1 aromatic heterocycles. The number of benzene rings is 1. The van der Waals surface area contributed by atoms with Gasteiger partial charge in [-0.05, 0) is 12.1 Å². The van der Waals surface area contributed by atoms with Gasteiger partial charge in [-0.1, -0.05) is 23.4 Å². The lowest BCUT2D eigenvalue weighted by Crippen LogP contribution is -2.14. The fourth-order valence-corrected chi connectivity index (χ4v) is 1.58. The molecule has 98 valence electrons. The van der Waals surface area contributed by atoms with Crippen LogP contribution in [0.1, 0.15) is 11.1 Å². The van der Waals surface area contributed by atoms with Crippen LogP contribution in [0.4, 0.5) is 0 Å². The minimum absolute atomic E-state index is 0.0705. The van der Waals surface area contributed by atoms with Crippen molar-refractivity contribution in [1.29, 1.82) is 0 Å². The van der Waals surface area contributed by atoms with Gasteiger partial charge in [0.15, 0.2) is 11.6 Å². The monoisotopic (exact) mass is 259 g/mol. The van der Waals surface area contributed by atoms with Crippen molar-refractivity contribution in [1.82, 2.24) is 4.98 Å². The van der Waals surface area contributed by atoms with Crippen molar-refractivity contribution in [3.05, 3.63) is 53.9 Å². The lowest BCUT2D eigenvalue weighted by Gasteiger charge is -2.11. The zero-order valence-corrected chi connectivity index (χ0v) is 10.0. The minimum Gasteiger partial charge on any atom is -0.455 e. The van der Waals surface area contributed by atoms with Gasteiger partial charge in [0.1, 0.15) is 5.75 Å². The smallest absolute Gasteiger partial charge is 0.173 e. The maximum Gasteiger partial charge on any atom is 0.173 e.